The average Bonchev–Trinajstić information content (AvgIpc) is 2.49. The van der Waals surface area contributed by atoms with E-state index in [4.69, 9.17) is 0 Å². The van der Waals surface area contributed by atoms with E-state index in [-0.39, 0.29) is 11.3 Å². The van der Waals surface area contributed by atoms with Gasteiger partial charge in [0.15, 0.2) is 9.84 Å². The zero-order chi connectivity index (χ0) is 18.0. The summed E-state index contributed by atoms with van der Waals surface area (Å²) in [4.78, 5) is 9.06. The number of sulfone groups is 1. The molecule has 0 bridgehead atoms. The topological polar surface area (TPSA) is 84.0 Å². The molecule has 24 heavy (non-hydrogen) atoms. The quantitative estimate of drug-likeness (QED) is 0.860. The van der Waals surface area contributed by atoms with Crippen molar-refractivity contribution in [1.29, 1.82) is 0 Å². The molecule has 0 atom stereocenters. The van der Waals surface area contributed by atoms with Gasteiger partial charge in [0.2, 0.25) is 5.95 Å². The summed E-state index contributed by atoms with van der Waals surface area (Å²) in [5, 5.41) is 6.40. The van der Waals surface area contributed by atoms with Crippen LogP contribution in [0.15, 0.2) is 35.4 Å². The van der Waals surface area contributed by atoms with Gasteiger partial charge in [0.1, 0.15) is 5.82 Å². The van der Waals surface area contributed by atoms with Crippen LogP contribution < -0.4 is 10.6 Å². The molecule has 0 saturated carbocycles. The summed E-state index contributed by atoms with van der Waals surface area (Å²) in [7, 11) is -3.24. The number of aromatic nitrogens is 2. The minimum Gasteiger partial charge on any atom is -0.350 e. The highest BCUT2D eigenvalue weighted by Crippen LogP contribution is 2.23. The fourth-order valence-corrected chi connectivity index (χ4v) is 2.96. The van der Waals surface area contributed by atoms with Gasteiger partial charge in [-0.25, -0.2) is 13.4 Å². The van der Waals surface area contributed by atoms with Gasteiger partial charge in [-0.1, -0.05) is 13.0 Å². The highest BCUT2D eigenvalue weighted by atomic mass is 32.2. The number of hydrogen-bond donors (Lipinski definition) is 2. The molecule has 0 fully saturated rings. The van der Waals surface area contributed by atoms with Gasteiger partial charge in [-0.2, -0.15) is 4.98 Å². The monoisotopic (exact) mass is 348 g/mol. The van der Waals surface area contributed by atoms with Crippen LogP contribution in [0.3, 0.4) is 0 Å². The van der Waals surface area contributed by atoms with E-state index >= 15 is 0 Å². The maximum atomic E-state index is 12.0. The normalized spacial score (nSPS) is 12.0. The van der Waals surface area contributed by atoms with Gasteiger partial charge in [-0.3, -0.25) is 0 Å². The Morgan fingerprint density at radius 2 is 1.92 bits per heavy atom. The molecule has 0 radical (unpaired) electrons. The Morgan fingerprint density at radius 1 is 1.21 bits per heavy atom. The summed E-state index contributed by atoms with van der Waals surface area (Å²) in [6.45, 7) is 9.62. The van der Waals surface area contributed by atoms with Gasteiger partial charge in [0.05, 0.1) is 10.6 Å². The number of benzene rings is 1. The molecule has 7 heteroatoms. The van der Waals surface area contributed by atoms with E-state index in [1.54, 1.807) is 31.3 Å². The maximum Gasteiger partial charge on any atom is 0.225 e. The Morgan fingerprint density at radius 3 is 2.54 bits per heavy atom. The molecule has 0 aliphatic carbocycles. The standard InChI is InChI=1S/C17H24N4O2S/c1-6-24(22,23)14-9-7-8-13(10-14)19-15-12(2)11-18-16(20-15)21-17(3,4)5/h7-11H,6H2,1-5H3,(H2,18,19,20,21). The zero-order valence-electron chi connectivity index (χ0n) is 14.7. The Bertz CT molecular complexity index is 827. The van der Waals surface area contributed by atoms with E-state index in [9.17, 15) is 8.42 Å². The average molecular weight is 348 g/mol. The first-order valence-electron chi connectivity index (χ1n) is 7.82. The second-order valence-electron chi connectivity index (χ2n) is 6.66. The molecule has 0 unspecified atom stereocenters. The van der Waals surface area contributed by atoms with Crippen molar-refractivity contribution in [3.63, 3.8) is 0 Å². The van der Waals surface area contributed by atoms with E-state index in [1.807, 2.05) is 33.8 Å². The second-order valence-corrected chi connectivity index (χ2v) is 8.93. The van der Waals surface area contributed by atoms with Crippen LogP contribution in [-0.4, -0.2) is 29.7 Å². The van der Waals surface area contributed by atoms with Crippen LogP contribution in [0.1, 0.15) is 33.3 Å². The van der Waals surface area contributed by atoms with Crippen LogP contribution in [0.4, 0.5) is 17.5 Å². The lowest BCUT2D eigenvalue weighted by Crippen LogP contribution is -2.27. The van der Waals surface area contributed by atoms with Crippen molar-refractivity contribution in [2.75, 3.05) is 16.4 Å². The van der Waals surface area contributed by atoms with Crippen LogP contribution in [-0.2, 0) is 9.84 Å². The molecule has 130 valence electrons. The van der Waals surface area contributed by atoms with E-state index in [2.05, 4.69) is 20.6 Å². The van der Waals surface area contributed by atoms with E-state index in [0.29, 0.717) is 22.3 Å². The molecule has 0 amide bonds. The Hall–Kier alpha value is -2.15. The lowest BCUT2D eigenvalue weighted by atomic mass is 10.1. The fourth-order valence-electron chi connectivity index (χ4n) is 2.03. The zero-order valence-corrected chi connectivity index (χ0v) is 15.5. The molecule has 2 rings (SSSR count). The van der Waals surface area contributed by atoms with Crippen LogP contribution in [0.5, 0.6) is 0 Å². The number of rotatable bonds is 5. The number of nitrogens with zero attached hydrogens (tertiary/aromatic N) is 2. The number of hydrogen-bond acceptors (Lipinski definition) is 6. The fraction of sp³-hybridized carbons (Fsp3) is 0.412. The molecule has 1 heterocycles. The van der Waals surface area contributed by atoms with Crippen molar-refractivity contribution in [3.05, 3.63) is 36.0 Å². The summed E-state index contributed by atoms with van der Waals surface area (Å²) in [6, 6.07) is 6.75. The molecule has 1 aromatic heterocycles. The molecular formula is C17H24N4O2S. The minimum atomic E-state index is -3.24. The highest BCUT2D eigenvalue weighted by Gasteiger charge is 2.14. The van der Waals surface area contributed by atoms with Crippen molar-refractivity contribution in [2.24, 2.45) is 0 Å². The molecule has 1 aromatic carbocycles. The Labute approximate surface area is 143 Å². The van der Waals surface area contributed by atoms with Crippen LogP contribution in [0.2, 0.25) is 0 Å². The lowest BCUT2D eigenvalue weighted by Gasteiger charge is -2.21. The Kier molecular flexibility index (Phi) is 5.13. The van der Waals surface area contributed by atoms with Gasteiger partial charge in [-0.15, -0.1) is 0 Å². The predicted molar refractivity (Wildman–Crippen MR) is 97.6 cm³/mol. The predicted octanol–water partition coefficient (Wildman–Crippen LogP) is 3.53. The van der Waals surface area contributed by atoms with Gasteiger partial charge in [-0.05, 0) is 45.9 Å². The van der Waals surface area contributed by atoms with Crippen LogP contribution in [0.25, 0.3) is 0 Å². The van der Waals surface area contributed by atoms with Gasteiger partial charge < -0.3 is 10.6 Å². The Balaban J connectivity index is 2.31. The maximum absolute atomic E-state index is 12.0. The molecule has 0 spiro atoms. The molecule has 0 saturated heterocycles. The second kappa shape index (κ2) is 6.76. The van der Waals surface area contributed by atoms with Crippen LogP contribution in [0, 0.1) is 6.92 Å². The smallest absolute Gasteiger partial charge is 0.225 e. The van der Waals surface area contributed by atoms with Gasteiger partial charge >= 0.3 is 0 Å². The van der Waals surface area contributed by atoms with E-state index in [0.717, 1.165) is 5.56 Å². The molecule has 2 aromatic rings. The molecule has 0 aliphatic heterocycles. The van der Waals surface area contributed by atoms with E-state index < -0.39 is 9.84 Å². The van der Waals surface area contributed by atoms with Gasteiger partial charge in [0, 0.05) is 23.0 Å². The lowest BCUT2D eigenvalue weighted by molar-refractivity contribution is 0.597. The van der Waals surface area contributed by atoms with E-state index in [1.165, 1.54) is 0 Å². The number of nitrogens with one attached hydrogen (secondary N) is 2. The highest BCUT2D eigenvalue weighted by molar-refractivity contribution is 7.91. The van der Waals surface area contributed by atoms with Crippen LogP contribution >= 0.6 is 0 Å². The third-order valence-electron chi connectivity index (χ3n) is 3.29. The number of anilines is 3. The third kappa shape index (κ3) is 4.67. The molecule has 0 aliphatic rings. The largest absolute Gasteiger partial charge is 0.350 e. The SMILES string of the molecule is CCS(=O)(=O)c1cccc(Nc2nc(NC(C)(C)C)ncc2C)c1. The third-order valence-corrected chi connectivity index (χ3v) is 5.03. The first kappa shape index (κ1) is 18.2. The minimum absolute atomic E-state index is 0.0721. The summed E-state index contributed by atoms with van der Waals surface area (Å²) >= 11 is 0. The first-order valence-corrected chi connectivity index (χ1v) is 9.47. The summed E-state index contributed by atoms with van der Waals surface area (Å²) in [5.74, 6) is 1.23. The molecule has 2 N–H and O–H groups in total. The molecule has 6 nitrogen and oxygen atoms in total. The van der Waals surface area contributed by atoms with Gasteiger partial charge in [0.25, 0.3) is 0 Å². The summed E-state index contributed by atoms with van der Waals surface area (Å²) in [5.41, 5.74) is 1.40. The number of aryl methyl sites for hydroxylation is 1. The van der Waals surface area contributed by atoms with Crippen molar-refractivity contribution in [2.45, 2.75) is 45.1 Å². The summed E-state index contributed by atoms with van der Waals surface area (Å²) < 4.78 is 24.0. The van der Waals surface area contributed by atoms with Crippen molar-refractivity contribution < 1.29 is 8.42 Å². The van der Waals surface area contributed by atoms with Crippen molar-refractivity contribution in [1.82, 2.24) is 9.97 Å². The van der Waals surface area contributed by atoms with Crippen molar-refractivity contribution >= 4 is 27.3 Å². The first-order chi connectivity index (χ1) is 11.1. The molecular weight excluding hydrogens is 324 g/mol. The van der Waals surface area contributed by atoms with Crippen molar-refractivity contribution in [3.8, 4) is 0 Å². The summed E-state index contributed by atoms with van der Waals surface area (Å²) in [6.07, 6.45) is 1.73.